The van der Waals surface area contributed by atoms with Crippen molar-refractivity contribution in [2.45, 2.75) is 26.7 Å². The first-order valence-corrected chi connectivity index (χ1v) is 12.1. The van der Waals surface area contributed by atoms with Crippen LogP contribution >= 0.6 is 11.3 Å². The highest BCUT2D eigenvalue weighted by Crippen LogP contribution is 2.34. The molecule has 1 aliphatic heterocycles. The first-order valence-electron chi connectivity index (χ1n) is 11.3. The lowest BCUT2D eigenvalue weighted by atomic mass is 10.1. The van der Waals surface area contributed by atoms with Crippen molar-refractivity contribution in [3.05, 3.63) is 53.6 Å². The summed E-state index contributed by atoms with van der Waals surface area (Å²) in [5.74, 6) is 0.849. The normalized spacial score (nSPS) is 14.6. The molecule has 7 heteroatoms. The minimum Gasteiger partial charge on any atom is -0.492 e. The molecule has 32 heavy (non-hydrogen) atoms. The number of rotatable bonds is 9. The summed E-state index contributed by atoms with van der Waals surface area (Å²) in [6.45, 7) is 9.68. The van der Waals surface area contributed by atoms with Crippen LogP contribution in [0.5, 0.6) is 5.75 Å². The predicted octanol–water partition coefficient (Wildman–Crippen LogP) is 4.30. The molecular weight excluding hydrogens is 422 g/mol. The quantitative estimate of drug-likeness (QED) is 0.484. The Kier molecular flexibility index (Phi) is 7.73. The molecule has 1 aliphatic rings. The van der Waals surface area contributed by atoms with E-state index in [1.807, 2.05) is 42.2 Å². The number of fused-ring (bicyclic) bond motifs is 1. The first-order chi connectivity index (χ1) is 15.6. The van der Waals surface area contributed by atoms with Gasteiger partial charge in [0.15, 0.2) is 5.13 Å². The molecule has 0 bridgehead atoms. The molecule has 6 nitrogen and oxygen atoms in total. The minimum atomic E-state index is 0.0783. The minimum absolute atomic E-state index is 0.0783. The summed E-state index contributed by atoms with van der Waals surface area (Å²) in [6, 6.07) is 14.1. The van der Waals surface area contributed by atoms with E-state index in [2.05, 4.69) is 24.0 Å². The molecule has 4 rings (SSSR count). The second kappa shape index (κ2) is 10.9. The fourth-order valence-corrected chi connectivity index (χ4v) is 5.02. The third-order valence-electron chi connectivity index (χ3n) is 5.60. The van der Waals surface area contributed by atoms with Gasteiger partial charge in [0.2, 0.25) is 5.91 Å². The van der Waals surface area contributed by atoms with Crippen molar-refractivity contribution in [1.29, 1.82) is 0 Å². The zero-order valence-electron chi connectivity index (χ0n) is 18.9. The van der Waals surface area contributed by atoms with Crippen LogP contribution in [-0.2, 0) is 16.0 Å². The van der Waals surface area contributed by atoms with Gasteiger partial charge in [0.25, 0.3) is 0 Å². The van der Waals surface area contributed by atoms with Gasteiger partial charge < -0.3 is 9.47 Å². The predicted molar refractivity (Wildman–Crippen MR) is 130 cm³/mol. The van der Waals surface area contributed by atoms with Gasteiger partial charge in [-0.2, -0.15) is 0 Å². The summed E-state index contributed by atoms with van der Waals surface area (Å²) in [5, 5.41) is 0.742. The average Bonchev–Trinajstić information content (AvgIpc) is 3.22. The summed E-state index contributed by atoms with van der Waals surface area (Å²) in [7, 11) is 0. The Labute approximate surface area is 193 Å². The van der Waals surface area contributed by atoms with E-state index in [4.69, 9.17) is 14.5 Å². The Morgan fingerprint density at radius 1 is 1.22 bits per heavy atom. The van der Waals surface area contributed by atoms with Crippen LogP contribution in [0.1, 0.15) is 24.5 Å². The molecule has 0 atom stereocenters. The van der Waals surface area contributed by atoms with Crippen molar-refractivity contribution in [3.63, 3.8) is 0 Å². The maximum atomic E-state index is 13.4. The van der Waals surface area contributed by atoms with Gasteiger partial charge in [0, 0.05) is 26.2 Å². The van der Waals surface area contributed by atoms with Crippen LogP contribution < -0.4 is 9.64 Å². The molecule has 0 spiro atoms. The standard InChI is InChI=1S/C25H31N3O3S/c1-3-31-21-9-5-10-22-24(21)26-25(32-22)28(12-6-11-27-13-15-30-16-14-27)23(29)18-20-8-4-7-19(2)17-20/h4-5,7-10,17H,3,6,11-16,18H2,1-2H3. The number of morpholine rings is 1. The largest absolute Gasteiger partial charge is 0.492 e. The number of hydrogen-bond acceptors (Lipinski definition) is 6. The fourth-order valence-electron chi connectivity index (χ4n) is 4.00. The van der Waals surface area contributed by atoms with Crippen molar-refractivity contribution in [1.82, 2.24) is 9.88 Å². The first kappa shape index (κ1) is 22.7. The van der Waals surface area contributed by atoms with Crippen molar-refractivity contribution < 1.29 is 14.3 Å². The van der Waals surface area contributed by atoms with E-state index >= 15 is 0 Å². The van der Waals surface area contributed by atoms with Crippen molar-refractivity contribution in [2.24, 2.45) is 0 Å². The second-order valence-corrected chi connectivity index (χ2v) is 9.06. The fraction of sp³-hybridized carbons (Fsp3) is 0.440. The molecular formula is C25H31N3O3S. The molecule has 0 saturated carbocycles. The third-order valence-corrected chi connectivity index (χ3v) is 6.64. The lowest BCUT2D eigenvalue weighted by molar-refractivity contribution is -0.118. The Balaban J connectivity index is 1.55. The molecule has 1 amide bonds. The van der Waals surface area contributed by atoms with Gasteiger partial charge in [-0.25, -0.2) is 4.98 Å². The molecule has 1 fully saturated rings. The number of aromatic nitrogens is 1. The molecule has 0 aliphatic carbocycles. The second-order valence-electron chi connectivity index (χ2n) is 8.05. The number of thiazole rings is 1. The maximum Gasteiger partial charge on any atom is 0.233 e. The molecule has 2 aromatic carbocycles. The van der Waals surface area contributed by atoms with Crippen LogP contribution in [0.25, 0.3) is 10.2 Å². The Morgan fingerprint density at radius 3 is 2.81 bits per heavy atom. The van der Waals surface area contributed by atoms with E-state index in [0.29, 0.717) is 19.6 Å². The number of nitrogens with zero attached hydrogens (tertiary/aromatic N) is 3. The van der Waals surface area contributed by atoms with Crippen molar-refractivity contribution in [3.8, 4) is 5.75 Å². The number of ether oxygens (including phenoxy) is 2. The van der Waals surface area contributed by atoms with Crippen LogP contribution in [0.2, 0.25) is 0 Å². The Hall–Kier alpha value is -2.48. The van der Waals surface area contributed by atoms with E-state index in [-0.39, 0.29) is 5.91 Å². The summed E-state index contributed by atoms with van der Waals surface area (Å²) >= 11 is 1.55. The van der Waals surface area contributed by atoms with Gasteiger partial charge in [0.05, 0.1) is 30.9 Å². The van der Waals surface area contributed by atoms with E-state index in [0.717, 1.165) is 71.5 Å². The highest BCUT2D eigenvalue weighted by Gasteiger charge is 2.22. The number of benzene rings is 2. The number of para-hydroxylation sites is 1. The number of carbonyl (C=O) groups excluding carboxylic acids is 1. The molecule has 2 heterocycles. The number of anilines is 1. The zero-order chi connectivity index (χ0) is 22.3. The molecule has 0 unspecified atom stereocenters. The van der Waals surface area contributed by atoms with E-state index in [1.165, 1.54) is 0 Å². The summed E-state index contributed by atoms with van der Waals surface area (Å²) in [6.07, 6.45) is 1.27. The Bertz CT molecular complexity index is 1050. The SMILES string of the molecule is CCOc1cccc2sc(N(CCCN3CCOCC3)C(=O)Cc3cccc(C)c3)nc12. The van der Waals surface area contributed by atoms with Crippen LogP contribution in [0.15, 0.2) is 42.5 Å². The number of aryl methyl sites for hydroxylation is 1. The molecule has 0 N–H and O–H groups in total. The van der Waals surface area contributed by atoms with Gasteiger partial charge in [-0.15, -0.1) is 0 Å². The lowest BCUT2D eigenvalue weighted by Gasteiger charge is -2.27. The van der Waals surface area contributed by atoms with Crippen LogP contribution in [0.3, 0.4) is 0 Å². The third kappa shape index (κ3) is 5.65. The number of amides is 1. The summed E-state index contributed by atoms with van der Waals surface area (Å²) in [5.41, 5.74) is 3.02. The van der Waals surface area contributed by atoms with E-state index in [1.54, 1.807) is 11.3 Å². The van der Waals surface area contributed by atoms with Crippen LogP contribution in [0, 0.1) is 6.92 Å². The van der Waals surface area contributed by atoms with Gasteiger partial charge in [-0.1, -0.05) is 47.2 Å². The Morgan fingerprint density at radius 2 is 2.03 bits per heavy atom. The summed E-state index contributed by atoms with van der Waals surface area (Å²) in [4.78, 5) is 22.5. The molecule has 3 aromatic rings. The van der Waals surface area contributed by atoms with Crippen molar-refractivity contribution in [2.75, 3.05) is 50.9 Å². The van der Waals surface area contributed by atoms with Gasteiger partial charge in [-0.3, -0.25) is 14.6 Å². The van der Waals surface area contributed by atoms with Crippen LogP contribution in [0.4, 0.5) is 5.13 Å². The maximum absolute atomic E-state index is 13.4. The van der Waals surface area contributed by atoms with E-state index < -0.39 is 0 Å². The number of carbonyl (C=O) groups is 1. The topological polar surface area (TPSA) is 54.9 Å². The van der Waals surface area contributed by atoms with Gasteiger partial charge in [-0.05, 0) is 38.0 Å². The highest BCUT2D eigenvalue weighted by molar-refractivity contribution is 7.22. The van der Waals surface area contributed by atoms with Gasteiger partial charge >= 0.3 is 0 Å². The van der Waals surface area contributed by atoms with Crippen molar-refractivity contribution >= 4 is 32.6 Å². The smallest absolute Gasteiger partial charge is 0.233 e. The molecule has 170 valence electrons. The zero-order valence-corrected chi connectivity index (χ0v) is 19.7. The molecule has 1 saturated heterocycles. The van der Waals surface area contributed by atoms with Gasteiger partial charge in [0.1, 0.15) is 11.3 Å². The lowest BCUT2D eigenvalue weighted by Crippen LogP contribution is -2.39. The van der Waals surface area contributed by atoms with E-state index in [9.17, 15) is 4.79 Å². The molecule has 0 radical (unpaired) electrons. The van der Waals surface area contributed by atoms with Crippen LogP contribution in [-0.4, -0.2) is 61.8 Å². The molecule has 1 aromatic heterocycles. The monoisotopic (exact) mass is 453 g/mol. The summed E-state index contributed by atoms with van der Waals surface area (Å²) < 4.78 is 12.2. The number of hydrogen-bond donors (Lipinski definition) is 0. The highest BCUT2D eigenvalue weighted by atomic mass is 32.1. The average molecular weight is 454 g/mol.